The maximum absolute atomic E-state index is 12.5. The fourth-order valence-corrected chi connectivity index (χ4v) is 6.85. The second kappa shape index (κ2) is 8.41. The summed E-state index contributed by atoms with van der Waals surface area (Å²) < 4.78 is 0. The Morgan fingerprint density at radius 2 is 1.40 bits per heavy atom. The van der Waals surface area contributed by atoms with Crippen LogP contribution in [0.1, 0.15) is 48.2 Å². The van der Waals surface area contributed by atoms with Crippen LogP contribution in [0, 0.1) is 17.8 Å². The molecule has 2 unspecified atom stereocenters. The predicted molar refractivity (Wildman–Crippen MR) is 135 cm³/mol. The summed E-state index contributed by atoms with van der Waals surface area (Å²) in [6.07, 6.45) is 6.92. The third-order valence-corrected chi connectivity index (χ3v) is 8.09. The molecule has 4 aliphatic carbocycles. The summed E-state index contributed by atoms with van der Waals surface area (Å²) >= 11 is 0. The second-order valence-corrected chi connectivity index (χ2v) is 10.3. The third kappa shape index (κ3) is 4.11. The molecule has 7 nitrogen and oxygen atoms in total. The zero-order valence-corrected chi connectivity index (χ0v) is 19.3. The average Bonchev–Trinajstić information content (AvgIpc) is 3.25. The van der Waals surface area contributed by atoms with Gasteiger partial charge in [0.25, 0.3) is 0 Å². The first kappa shape index (κ1) is 21.6. The van der Waals surface area contributed by atoms with E-state index in [1.165, 1.54) is 43.7 Å². The second-order valence-electron chi connectivity index (χ2n) is 10.3. The van der Waals surface area contributed by atoms with Crippen LogP contribution >= 0.6 is 0 Å². The molecule has 35 heavy (non-hydrogen) atoms. The molecule has 0 spiro atoms. The zero-order valence-electron chi connectivity index (χ0n) is 19.3. The maximum atomic E-state index is 12.5. The Kier molecular flexibility index (Phi) is 5.20. The molecule has 2 aromatic carbocycles. The molecule has 0 saturated heterocycles. The summed E-state index contributed by atoms with van der Waals surface area (Å²) in [7, 11) is 0. The molecule has 178 valence electrons. The van der Waals surface area contributed by atoms with Gasteiger partial charge in [0.05, 0.1) is 0 Å². The van der Waals surface area contributed by atoms with Crippen molar-refractivity contribution < 1.29 is 14.7 Å². The number of anilines is 4. The van der Waals surface area contributed by atoms with E-state index in [0.717, 1.165) is 29.1 Å². The number of pyridine rings is 1. The van der Waals surface area contributed by atoms with Crippen molar-refractivity contribution >= 4 is 34.9 Å². The highest BCUT2D eigenvalue weighted by atomic mass is 16.4. The Morgan fingerprint density at radius 1 is 0.800 bits per heavy atom. The standard InChI is InChI=1S/C28H28N4O3/c33-26(34)24-2-1-3-25(32-24)29-21-8-10-23(11-9-21)31-27(35)30-22-6-4-19(5-7-22)28-15-17-12-18(16-28)14-20(28)13-17/h1-11,17-18,20H,12-16H2,(H,29,32)(H,33,34)(H2,30,31,35). The molecule has 0 aliphatic heterocycles. The smallest absolute Gasteiger partial charge is 0.354 e. The zero-order chi connectivity index (χ0) is 24.0. The van der Waals surface area contributed by atoms with Crippen molar-refractivity contribution in [3.63, 3.8) is 0 Å². The quantitative estimate of drug-likeness (QED) is 0.343. The predicted octanol–water partition coefficient (Wildman–Crippen LogP) is 6.25. The van der Waals surface area contributed by atoms with E-state index in [-0.39, 0.29) is 11.7 Å². The number of aromatic nitrogens is 1. The van der Waals surface area contributed by atoms with Crippen molar-refractivity contribution in [1.29, 1.82) is 0 Å². The van der Waals surface area contributed by atoms with Gasteiger partial charge in [-0.1, -0.05) is 18.2 Å². The molecule has 4 saturated carbocycles. The first-order chi connectivity index (χ1) is 17.0. The highest BCUT2D eigenvalue weighted by molar-refractivity contribution is 5.99. The number of carbonyl (C=O) groups excluding carboxylic acids is 1. The van der Waals surface area contributed by atoms with Crippen LogP contribution in [0.2, 0.25) is 0 Å². The highest BCUT2D eigenvalue weighted by Crippen LogP contribution is 2.65. The van der Waals surface area contributed by atoms with Gasteiger partial charge in [-0.15, -0.1) is 0 Å². The van der Waals surface area contributed by atoms with E-state index in [1.54, 1.807) is 36.4 Å². The molecule has 4 N–H and O–H groups in total. The Morgan fingerprint density at radius 3 is 2.03 bits per heavy atom. The lowest BCUT2D eigenvalue weighted by atomic mass is 9.71. The number of rotatable bonds is 6. The van der Waals surface area contributed by atoms with Gasteiger partial charge in [-0.3, -0.25) is 0 Å². The average molecular weight is 469 g/mol. The third-order valence-electron chi connectivity index (χ3n) is 8.09. The maximum Gasteiger partial charge on any atom is 0.354 e. The molecule has 3 aromatic rings. The van der Waals surface area contributed by atoms with Gasteiger partial charge < -0.3 is 21.1 Å². The molecular weight excluding hydrogens is 440 g/mol. The minimum Gasteiger partial charge on any atom is -0.477 e. The molecule has 0 radical (unpaired) electrons. The lowest BCUT2D eigenvalue weighted by Gasteiger charge is -2.33. The number of nitrogens with one attached hydrogen (secondary N) is 3. The number of amides is 2. The number of aromatic carboxylic acids is 1. The number of carbonyl (C=O) groups is 2. The molecule has 4 bridgehead atoms. The molecule has 7 heteroatoms. The minimum atomic E-state index is -1.08. The molecule has 1 heterocycles. The number of urea groups is 1. The molecule has 4 aliphatic rings. The molecule has 7 rings (SSSR count). The topological polar surface area (TPSA) is 103 Å². The van der Waals surface area contributed by atoms with E-state index in [4.69, 9.17) is 5.11 Å². The summed E-state index contributed by atoms with van der Waals surface area (Å²) in [6, 6.07) is 20.1. The van der Waals surface area contributed by atoms with E-state index in [0.29, 0.717) is 16.9 Å². The van der Waals surface area contributed by atoms with Gasteiger partial charge in [0.2, 0.25) is 0 Å². The van der Waals surface area contributed by atoms with Gasteiger partial charge in [0.1, 0.15) is 5.82 Å². The van der Waals surface area contributed by atoms with Crippen LogP contribution in [-0.2, 0) is 5.41 Å². The van der Waals surface area contributed by atoms with Crippen molar-refractivity contribution in [3.05, 3.63) is 78.0 Å². The van der Waals surface area contributed by atoms with Gasteiger partial charge in [-0.05, 0) is 109 Å². The number of hydrogen-bond donors (Lipinski definition) is 4. The first-order valence-electron chi connectivity index (χ1n) is 12.2. The molecule has 2 amide bonds. The van der Waals surface area contributed by atoms with E-state index < -0.39 is 5.97 Å². The summed E-state index contributed by atoms with van der Waals surface area (Å²) in [5.74, 6) is 2.05. The molecule has 1 aromatic heterocycles. The summed E-state index contributed by atoms with van der Waals surface area (Å²) in [4.78, 5) is 27.7. The summed E-state index contributed by atoms with van der Waals surface area (Å²) in [5, 5.41) is 17.9. The van der Waals surface area contributed by atoms with Gasteiger partial charge in [-0.25, -0.2) is 14.6 Å². The van der Waals surface area contributed by atoms with Crippen LogP contribution < -0.4 is 16.0 Å². The Hall–Kier alpha value is -3.87. The van der Waals surface area contributed by atoms with Crippen LogP contribution in [0.15, 0.2) is 66.7 Å². The summed E-state index contributed by atoms with van der Waals surface area (Å²) in [6.45, 7) is 0. The Balaban J connectivity index is 1.06. The minimum absolute atomic E-state index is 0.0273. The fraction of sp³-hybridized carbons (Fsp3) is 0.321. The van der Waals surface area contributed by atoms with Crippen molar-refractivity contribution in [2.45, 2.75) is 37.5 Å². The number of nitrogens with zero attached hydrogens (tertiary/aromatic N) is 1. The van der Waals surface area contributed by atoms with Crippen LogP contribution in [0.4, 0.5) is 27.7 Å². The largest absolute Gasteiger partial charge is 0.477 e. The van der Waals surface area contributed by atoms with E-state index in [2.05, 4.69) is 33.1 Å². The van der Waals surface area contributed by atoms with E-state index in [1.807, 2.05) is 12.1 Å². The van der Waals surface area contributed by atoms with Gasteiger partial charge in [0, 0.05) is 17.1 Å². The van der Waals surface area contributed by atoms with Gasteiger partial charge in [0.15, 0.2) is 5.69 Å². The van der Waals surface area contributed by atoms with Crippen LogP contribution in [0.3, 0.4) is 0 Å². The summed E-state index contributed by atoms with van der Waals surface area (Å²) in [5.41, 5.74) is 3.97. The van der Waals surface area contributed by atoms with Crippen molar-refractivity contribution in [2.75, 3.05) is 16.0 Å². The lowest BCUT2D eigenvalue weighted by molar-refractivity contribution is 0.0690. The highest BCUT2D eigenvalue weighted by Gasteiger charge is 2.58. The number of carboxylic acids is 1. The van der Waals surface area contributed by atoms with E-state index >= 15 is 0 Å². The van der Waals surface area contributed by atoms with Crippen molar-refractivity contribution in [3.8, 4) is 0 Å². The van der Waals surface area contributed by atoms with Crippen LogP contribution in [0.5, 0.6) is 0 Å². The Labute approximate surface area is 204 Å². The Bertz CT molecular complexity index is 1260. The van der Waals surface area contributed by atoms with Crippen LogP contribution in [0.25, 0.3) is 0 Å². The number of hydrogen-bond acceptors (Lipinski definition) is 4. The fourth-order valence-electron chi connectivity index (χ4n) is 6.85. The van der Waals surface area contributed by atoms with Gasteiger partial charge in [-0.2, -0.15) is 0 Å². The van der Waals surface area contributed by atoms with E-state index in [9.17, 15) is 9.59 Å². The van der Waals surface area contributed by atoms with Crippen molar-refractivity contribution in [1.82, 2.24) is 4.98 Å². The van der Waals surface area contributed by atoms with Crippen molar-refractivity contribution in [2.24, 2.45) is 17.8 Å². The number of carboxylic acid groups (broad SMARTS) is 1. The molecule has 4 fully saturated rings. The first-order valence-corrected chi connectivity index (χ1v) is 12.2. The lowest BCUT2D eigenvalue weighted by Crippen LogP contribution is -2.27. The van der Waals surface area contributed by atoms with Crippen LogP contribution in [-0.4, -0.2) is 22.1 Å². The molecule has 2 atom stereocenters. The number of benzene rings is 2. The molecular formula is C28H28N4O3. The van der Waals surface area contributed by atoms with Gasteiger partial charge >= 0.3 is 12.0 Å². The monoisotopic (exact) mass is 468 g/mol. The SMILES string of the molecule is O=C(Nc1ccc(Nc2cccc(C(=O)O)n2)cc1)Nc1ccc(C23CC4CC(CC2C4)C3)cc1. The normalized spacial score (nSPS) is 25.9.